The van der Waals surface area contributed by atoms with Crippen LogP contribution in [0.15, 0.2) is 53.9 Å². The Morgan fingerprint density at radius 1 is 1.14 bits per heavy atom. The van der Waals surface area contributed by atoms with E-state index in [1.54, 1.807) is 30.6 Å². The number of hydrogen-bond acceptors (Lipinski definition) is 4. The topological polar surface area (TPSA) is 58.4 Å². The summed E-state index contributed by atoms with van der Waals surface area (Å²) in [6.07, 6.45) is 3.37. The Labute approximate surface area is 130 Å². The fraction of sp³-hybridized carbons (Fsp3) is 0. The number of pyridine rings is 2. The summed E-state index contributed by atoms with van der Waals surface area (Å²) in [5.41, 5.74) is 3.05. The lowest BCUT2D eigenvalue weighted by molar-refractivity contribution is 0.321. The smallest absolute Gasteiger partial charge is 0.175 e. The third kappa shape index (κ3) is 2.68. The Balaban J connectivity index is 2.08. The number of fused-ring (bicyclic) bond motifs is 1. The fourth-order valence-corrected chi connectivity index (χ4v) is 2.39. The molecule has 0 saturated heterocycles. The minimum atomic E-state index is 0.0390. The van der Waals surface area contributed by atoms with Gasteiger partial charge in [-0.15, -0.1) is 0 Å². The molecule has 0 aliphatic rings. The SMILES string of the molecule is O/N=C(\Cl)c1ccc(-c2cc(Cl)c3cnccc3n2)cc1. The van der Waals surface area contributed by atoms with Gasteiger partial charge in [-0.3, -0.25) is 4.98 Å². The molecule has 4 nitrogen and oxygen atoms in total. The van der Waals surface area contributed by atoms with Gasteiger partial charge in [0.25, 0.3) is 0 Å². The summed E-state index contributed by atoms with van der Waals surface area (Å²) < 4.78 is 0. The van der Waals surface area contributed by atoms with Gasteiger partial charge in [0.2, 0.25) is 0 Å². The molecule has 2 aromatic heterocycles. The van der Waals surface area contributed by atoms with Crippen molar-refractivity contribution in [2.75, 3.05) is 0 Å². The molecule has 0 unspecified atom stereocenters. The van der Waals surface area contributed by atoms with Crippen LogP contribution >= 0.6 is 23.2 Å². The molecule has 0 saturated carbocycles. The van der Waals surface area contributed by atoms with E-state index in [1.165, 1.54) is 0 Å². The van der Waals surface area contributed by atoms with Gasteiger partial charge in [-0.05, 0) is 12.1 Å². The molecule has 2 heterocycles. The highest BCUT2D eigenvalue weighted by molar-refractivity contribution is 6.69. The van der Waals surface area contributed by atoms with Crippen molar-refractivity contribution in [3.05, 3.63) is 59.4 Å². The number of rotatable bonds is 2. The zero-order valence-corrected chi connectivity index (χ0v) is 12.2. The molecule has 0 fully saturated rings. The Morgan fingerprint density at radius 3 is 2.62 bits per heavy atom. The molecular weight excluding hydrogens is 309 g/mol. The molecule has 0 atom stereocenters. The first kappa shape index (κ1) is 13.8. The second-order valence-corrected chi connectivity index (χ2v) is 5.12. The molecule has 1 aromatic carbocycles. The van der Waals surface area contributed by atoms with Crippen LogP contribution in [0.25, 0.3) is 22.2 Å². The van der Waals surface area contributed by atoms with E-state index in [9.17, 15) is 0 Å². The van der Waals surface area contributed by atoms with Gasteiger partial charge in [0.15, 0.2) is 5.17 Å². The molecule has 0 radical (unpaired) electrons. The molecule has 0 amide bonds. The molecular formula is C15H9Cl2N3O. The molecule has 0 bridgehead atoms. The molecule has 21 heavy (non-hydrogen) atoms. The van der Waals surface area contributed by atoms with E-state index in [4.69, 9.17) is 28.4 Å². The summed E-state index contributed by atoms with van der Waals surface area (Å²) in [6.45, 7) is 0. The third-order valence-corrected chi connectivity index (χ3v) is 3.67. The molecule has 0 aliphatic carbocycles. The number of aromatic nitrogens is 2. The van der Waals surface area contributed by atoms with E-state index in [-0.39, 0.29) is 5.17 Å². The van der Waals surface area contributed by atoms with Crippen LogP contribution in [-0.4, -0.2) is 20.3 Å². The van der Waals surface area contributed by atoms with Crippen molar-refractivity contribution in [1.82, 2.24) is 9.97 Å². The van der Waals surface area contributed by atoms with Gasteiger partial charge in [0.05, 0.1) is 16.2 Å². The van der Waals surface area contributed by atoms with Crippen LogP contribution in [-0.2, 0) is 0 Å². The number of oxime groups is 1. The number of benzene rings is 1. The summed E-state index contributed by atoms with van der Waals surface area (Å²) >= 11 is 12.0. The van der Waals surface area contributed by atoms with Crippen LogP contribution < -0.4 is 0 Å². The van der Waals surface area contributed by atoms with Gasteiger partial charge in [-0.1, -0.05) is 52.6 Å². The molecule has 1 N–H and O–H groups in total. The lowest BCUT2D eigenvalue weighted by Crippen LogP contribution is -1.92. The zero-order valence-electron chi connectivity index (χ0n) is 10.7. The van der Waals surface area contributed by atoms with E-state index in [0.29, 0.717) is 10.6 Å². The molecule has 3 aromatic rings. The second kappa shape index (κ2) is 5.68. The molecule has 3 rings (SSSR count). The summed E-state index contributed by atoms with van der Waals surface area (Å²) in [5.74, 6) is 0. The van der Waals surface area contributed by atoms with Gasteiger partial charge < -0.3 is 5.21 Å². The lowest BCUT2D eigenvalue weighted by atomic mass is 10.1. The van der Waals surface area contributed by atoms with Crippen molar-refractivity contribution in [2.45, 2.75) is 0 Å². The highest BCUT2D eigenvalue weighted by Gasteiger charge is 2.07. The van der Waals surface area contributed by atoms with Crippen LogP contribution in [0.4, 0.5) is 0 Å². The van der Waals surface area contributed by atoms with Crippen molar-refractivity contribution in [3.63, 3.8) is 0 Å². The van der Waals surface area contributed by atoms with Crippen LogP contribution in [0.2, 0.25) is 5.02 Å². The minimum absolute atomic E-state index is 0.0390. The van der Waals surface area contributed by atoms with E-state index in [0.717, 1.165) is 22.2 Å². The van der Waals surface area contributed by atoms with Crippen molar-refractivity contribution in [2.24, 2.45) is 5.16 Å². The van der Waals surface area contributed by atoms with Crippen molar-refractivity contribution in [1.29, 1.82) is 0 Å². The van der Waals surface area contributed by atoms with Crippen LogP contribution in [0.1, 0.15) is 5.56 Å². The van der Waals surface area contributed by atoms with E-state index >= 15 is 0 Å². The Bertz CT molecular complexity index is 832. The first-order valence-corrected chi connectivity index (χ1v) is 6.83. The van der Waals surface area contributed by atoms with Crippen LogP contribution in [0.5, 0.6) is 0 Å². The predicted octanol–water partition coefficient (Wildman–Crippen LogP) is 4.32. The average Bonchev–Trinajstić information content (AvgIpc) is 2.54. The van der Waals surface area contributed by atoms with Crippen molar-refractivity contribution >= 4 is 39.3 Å². The third-order valence-electron chi connectivity index (χ3n) is 3.07. The summed E-state index contributed by atoms with van der Waals surface area (Å²) in [7, 11) is 0. The van der Waals surface area contributed by atoms with E-state index < -0.39 is 0 Å². The second-order valence-electron chi connectivity index (χ2n) is 4.35. The highest BCUT2D eigenvalue weighted by Crippen LogP contribution is 2.27. The summed E-state index contributed by atoms with van der Waals surface area (Å²) in [6, 6.07) is 10.8. The monoisotopic (exact) mass is 317 g/mol. The average molecular weight is 318 g/mol. The largest absolute Gasteiger partial charge is 0.410 e. The maximum atomic E-state index is 8.65. The first-order valence-electron chi connectivity index (χ1n) is 6.07. The van der Waals surface area contributed by atoms with E-state index in [2.05, 4.69) is 15.1 Å². The first-order chi connectivity index (χ1) is 10.2. The molecule has 104 valence electrons. The molecule has 0 aliphatic heterocycles. The lowest BCUT2D eigenvalue weighted by Gasteiger charge is -2.06. The quantitative estimate of drug-likeness (QED) is 0.435. The maximum Gasteiger partial charge on any atom is 0.175 e. The van der Waals surface area contributed by atoms with Gasteiger partial charge in [0.1, 0.15) is 0 Å². The van der Waals surface area contributed by atoms with Gasteiger partial charge in [-0.2, -0.15) is 0 Å². The number of hydrogen-bond donors (Lipinski definition) is 1. The predicted molar refractivity (Wildman–Crippen MR) is 84.2 cm³/mol. The van der Waals surface area contributed by atoms with Crippen LogP contribution in [0.3, 0.4) is 0 Å². The van der Waals surface area contributed by atoms with Crippen molar-refractivity contribution < 1.29 is 5.21 Å². The minimum Gasteiger partial charge on any atom is -0.410 e. The van der Waals surface area contributed by atoms with Gasteiger partial charge >= 0.3 is 0 Å². The Hall–Kier alpha value is -2.17. The summed E-state index contributed by atoms with van der Waals surface area (Å²) in [4.78, 5) is 8.60. The van der Waals surface area contributed by atoms with Gasteiger partial charge in [-0.25, -0.2) is 4.98 Å². The summed E-state index contributed by atoms with van der Waals surface area (Å²) in [5, 5.41) is 13.1. The standard InChI is InChI=1S/C15H9Cl2N3O/c16-12-7-14(19-13-5-6-18-8-11(12)13)9-1-3-10(4-2-9)15(17)20-21/h1-8,21H/b20-15-. The molecule has 0 spiro atoms. The van der Waals surface area contributed by atoms with Crippen LogP contribution in [0, 0.1) is 0 Å². The maximum absolute atomic E-state index is 8.65. The number of halogens is 2. The normalized spacial score (nSPS) is 11.8. The Morgan fingerprint density at radius 2 is 1.90 bits per heavy atom. The van der Waals surface area contributed by atoms with E-state index in [1.807, 2.05) is 18.2 Å². The fourth-order valence-electron chi connectivity index (χ4n) is 2.01. The highest BCUT2D eigenvalue weighted by atomic mass is 35.5. The molecule has 6 heteroatoms. The van der Waals surface area contributed by atoms with Gasteiger partial charge in [0, 0.05) is 28.9 Å². The Kier molecular flexibility index (Phi) is 3.73. The zero-order chi connectivity index (χ0) is 14.8. The number of nitrogens with zero attached hydrogens (tertiary/aromatic N) is 3. The van der Waals surface area contributed by atoms with Crippen molar-refractivity contribution in [3.8, 4) is 11.3 Å².